The summed E-state index contributed by atoms with van der Waals surface area (Å²) in [5, 5.41) is 6.90. The van der Waals surface area contributed by atoms with Gasteiger partial charge in [0.15, 0.2) is 5.76 Å². The minimum atomic E-state index is -3.56. The predicted molar refractivity (Wildman–Crippen MR) is 93.2 cm³/mol. The van der Waals surface area contributed by atoms with Gasteiger partial charge in [-0.15, -0.1) is 0 Å². The van der Waals surface area contributed by atoms with Crippen molar-refractivity contribution in [2.24, 2.45) is 0 Å². The van der Waals surface area contributed by atoms with Crippen molar-refractivity contribution in [2.45, 2.75) is 11.4 Å². The third kappa shape index (κ3) is 3.55. The average molecular weight is 378 g/mol. The lowest BCUT2D eigenvalue weighted by Gasteiger charge is -2.15. The van der Waals surface area contributed by atoms with Crippen LogP contribution in [0.5, 0.6) is 5.75 Å². The highest BCUT2D eigenvalue weighted by molar-refractivity contribution is 7.89. The van der Waals surface area contributed by atoms with Crippen molar-refractivity contribution in [3.05, 3.63) is 42.5 Å². The maximum atomic E-state index is 12.3. The zero-order valence-corrected chi connectivity index (χ0v) is 15.3. The van der Waals surface area contributed by atoms with Crippen LogP contribution >= 0.6 is 0 Å². The monoisotopic (exact) mass is 378 g/mol. The van der Waals surface area contributed by atoms with Gasteiger partial charge in [-0.1, -0.05) is 5.16 Å². The summed E-state index contributed by atoms with van der Waals surface area (Å²) in [6, 6.07) is 8.02. The molecule has 0 radical (unpaired) electrons. The summed E-state index contributed by atoms with van der Waals surface area (Å²) in [4.78, 5) is 4.37. The number of aromatic nitrogens is 2. The molecule has 0 unspecified atom stereocenters. The number of benzene rings is 1. The molecule has 0 aliphatic heterocycles. The summed E-state index contributed by atoms with van der Waals surface area (Å²) in [6.07, 6.45) is 1.52. The van der Waals surface area contributed by atoms with Crippen LogP contribution in [-0.2, 0) is 16.6 Å². The summed E-state index contributed by atoms with van der Waals surface area (Å²) >= 11 is 0. The van der Waals surface area contributed by atoms with Crippen LogP contribution in [0, 0.1) is 0 Å². The third-order valence-corrected chi connectivity index (χ3v) is 5.40. The van der Waals surface area contributed by atoms with Crippen LogP contribution in [0.15, 0.2) is 50.4 Å². The maximum Gasteiger partial charge on any atom is 0.246 e. The number of sulfonamides is 1. The molecule has 0 saturated heterocycles. The van der Waals surface area contributed by atoms with E-state index in [2.05, 4.69) is 15.5 Å². The van der Waals surface area contributed by atoms with Crippen LogP contribution in [0.4, 0.5) is 5.69 Å². The second-order valence-electron chi connectivity index (χ2n) is 5.49. The van der Waals surface area contributed by atoms with Gasteiger partial charge in [-0.2, -0.15) is 4.98 Å². The first-order chi connectivity index (χ1) is 12.4. The van der Waals surface area contributed by atoms with Gasteiger partial charge in [-0.05, 0) is 30.3 Å². The molecule has 3 aromatic rings. The van der Waals surface area contributed by atoms with E-state index in [1.54, 1.807) is 18.2 Å². The van der Waals surface area contributed by atoms with E-state index in [-0.39, 0.29) is 11.4 Å². The fourth-order valence-electron chi connectivity index (χ4n) is 2.20. The quantitative estimate of drug-likeness (QED) is 0.666. The van der Waals surface area contributed by atoms with Gasteiger partial charge in [0.25, 0.3) is 0 Å². The van der Waals surface area contributed by atoms with Crippen LogP contribution in [0.2, 0.25) is 0 Å². The zero-order chi connectivity index (χ0) is 18.7. The van der Waals surface area contributed by atoms with E-state index in [0.717, 1.165) is 4.31 Å². The van der Waals surface area contributed by atoms with Crippen LogP contribution < -0.4 is 10.1 Å². The standard InChI is InChI=1S/C16H18N4O5S/c1-20(2)26(21,22)11-6-7-13(23-3)12(9-11)17-10-15-18-16(19-25-15)14-5-4-8-24-14/h4-9,17H,10H2,1-3H3. The highest BCUT2D eigenvalue weighted by Gasteiger charge is 2.19. The smallest absolute Gasteiger partial charge is 0.246 e. The van der Waals surface area contributed by atoms with Crippen LogP contribution in [-0.4, -0.2) is 44.1 Å². The Morgan fingerprint density at radius 1 is 1.27 bits per heavy atom. The number of nitrogens with one attached hydrogen (secondary N) is 1. The molecule has 0 aliphatic carbocycles. The number of hydrogen-bond donors (Lipinski definition) is 1. The van der Waals surface area contributed by atoms with E-state index in [1.807, 2.05) is 0 Å². The molecule has 0 fully saturated rings. The van der Waals surface area contributed by atoms with Gasteiger partial charge in [0.05, 0.1) is 30.5 Å². The lowest BCUT2D eigenvalue weighted by Crippen LogP contribution is -2.22. The van der Waals surface area contributed by atoms with E-state index in [4.69, 9.17) is 13.7 Å². The fraction of sp³-hybridized carbons (Fsp3) is 0.250. The largest absolute Gasteiger partial charge is 0.495 e. The Hall–Kier alpha value is -2.85. The minimum absolute atomic E-state index is 0.146. The Bertz CT molecular complexity index is 980. The van der Waals surface area contributed by atoms with Crippen molar-refractivity contribution < 1.29 is 22.1 Å². The molecule has 10 heteroatoms. The molecule has 0 atom stereocenters. The van der Waals surface area contributed by atoms with Crippen LogP contribution in [0.25, 0.3) is 11.6 Å². The molecule has 1 N–H and O–H groups in total. The maximum absolute atomic E-state index is 12.3. The van der Waals surface area contributed by atoms with Gasteiger partial charge in [0.1, 0.15) is 5.75 Å². The number of rotatable bonds is 7. The van der Waals surface area contributed by atoms with Crippen molar-refractivity contribution in [3.8, 4) is 17.3 Å². The summed E-state index contributed by atoms with van der Waals surface area (Å²) in [6.45, 7) is 0.190. The summed E-state index contributed by atoms with van der Waals surface area (Å²) in [5.41, 5.74) is 0.494. The second-order valence-corrected chi connectivity index (χ2v) is 7.64. The highest BCUT2D eigenvalue weighted by atomic mass is 32.2. The van der Waals surface area contributed by atoms with E-state index in [0.29, 0.717) is 28.9 Å². The Kier molecular flexibility index (Phi) is 4.96. The molecule has 0 amide bonds. The Morgan fingerprint density at radius 3 is 2.73 bits per heavy atom. The Morgan fingerprint density at radius 2 is 2.08 bits per heavy atom. The van der Waals surface area contributed by atoms with Crippen molar-refractivity contribution in [1.82, 2.24) is 14.4 Å². The van der Waals surface area contributed by atoms with E-state index in [9.17, 15) is 8.42 Å². The first-order valence-corrected chi connectivity index (χ1v) is 9.06. The SMILES string of the molecule is COc1ccc(S(=O)(=O)N(C)C)cc1NCc1nc(-c2ccco2)no1. The molecule has 2 heterocycles. The number of furan rings is 1. The van der Waals surface area contributed by atoms with Crippen molar-refractivity contribution in [2.75, 3.05) is 26.5 Å². The van der Waals surface area contributed by atoms with Gasteiger partial charge in [0, 0.05) is 14.1 Å². The first kappa shape index (κ1) is 18.0. The molecule has 0 spiro atoms. The topological polar surface area (TPSA) is 111 Å². The summed E-state index contributed by atoms with van der Waals surface area (Å²) in [7, 11) is 0.890. The normalized spacial score (nSPS) is 11.7. The molecule has 0 saturated carbocycles. The Labute approximate surface area is 150 Å². The van der Waals surface area contributed by atoms with Crippen molar-refractivity contribution >= 4 is 15.7 Å². The predicted octanol–water partition coefficient (Wildman–Crippen LogP) is 2.20. The number of nitrogens with zero attached hydrogens (tertiary/aromatic N) is 3. The Balaban J connectivity index is 1.81. The van der Waals surface area contributed by atoms with Crippen LogP contribution in [0.3, 0.4) is 0 Å². The van der Waals surface area contributed by atoms with E-state index in [1.165, 1.54) is 39.6 Å². The number of ether oxygens (including phenoxy) is 1. The molecule has 9 nitrogen and oxygen atoms in total. The molecule has 0 aliphatic rings. The second kappa shape index (κ2) is 7.18. The summed E-state index contributed by atoms with van der Waals surface area (Å²) < 4.78 is 41.4. The number of hydrogen-bond acceptors (Lipinski definition) is 8. The molecule has 2 aromatic heterocycles. The van der Waals surface area contributed by atoms with Gasteiger partial charge < -0.3 is 19.0 Å². The molecular weight excluding hydrogens is 360 g/mol. The van der Waals surface area contributed by atoms with Gasteiger partial charge in [-0.25, -0.2) is 12.7 Å². The first-order valence-electron chi connectivity index (χ1n) is 7.62. The molecule has 26 heavy (non-hydrogen) atoms. The molecule has 0 bridgehead atoms. The molecule has 1 aromatic carbocycles. The van der Waals surface area contributed by atoms with E-state index >= 15 is 0 Å². The summed E-state index contributed by atoms with van der Waals surface area (Å²) in [5.74, 6) is 1.65. The highest BCUT2D eigenvalue weighted by Crippen LogP contribution is 2.29. The fourth-order valence-corrected chi connectivity index (χ4v) is 3.13. The van der Waals surface area contributed by atoms with Gasteiger partial charge >= 0.3 is 0 Å². The van der Waals surface area contributed by atoms with Crippen LogP contribution in [0.1, 0.15) is 5.89 Å². The number of anilines is 1. The molecule has 3 rings (SSSR count). The van der Waals surface area contributed by atoms with E-state index < -0.39 is 10.0 Å². The lowest BCUT2D eigenvalue weighted by atomic mass is 10.3. The average Bonchev–Trinajstić information content (AvgIpc) is 3.30. The van der Waals surface area contributed by atoms with Gasteiger partial charge in [0.2, 0.25) is 21.7 Å². The molecular formula is C16H18N4O5S. The molecule has 138 valence electrons. The minimum Gasteiger partial charge on any atom is -0.495 e. The lowest BCUT2D eigenvalue weighted by molar-refractivity contribution is 0.382. The number of methoxy groups -OCH3 is 1. The van der Waals surface area contributed by atoms with Gasteiger partial charge in [-0.3, -0.25) is 0 Å². The third-order valence-electron chi connectivity index (χ3n) is 3.59. The van der Waals surface area contributed by atoms with Crippen molar-refractivity contribution in [3.63, 3.8) is 0 Å². The zero-order valence-electron chi connectivity index (χ0n) is 14.5. The van der Waals surface area contributed by atoms with Crippen molar-refractivity contribution in [1.29, 1.82) is 0 Å².